The van der Waals surface area contributed by atoms with Gasteiger partial charge in [-0.15, -0.1) is 0 Å². The number of hydrogen-bond donors (Lipinski definition) is 0. The van der Waals surface area contributed by atoms with E-state index in [1.54, 1.807) is 0 Å². The minimum Gasteiger partial charge on any atom is -0.491 e. The van der Waals surface area contributed by atoms with Crippen molar-refractivity contribution in [2.75, 3.05) is 13.2 Å². The summed E-state index contributed by atoms with van der Waals surface area (Å²) < 4.78 is 11.1. The summed E-state index contributed by atoms with van der Waals surface area (Å²) in [6, 6.07) is 19.1. The third kappa shape index (κ3) is 4.60. The maximum absolute atomic E-state index is 5.89. The van der Waals surface area contributed by atoms with Gasteiger partial charge in [-0.25, -0.2) is 0 Å². The molecule has 3 rings (SSSR count). The maximum atomic E-state index is 5.89. The summed E-state index contributed by atoms with van der Waals surface area (Å²) in [5, 5.41) is 0. The van der Waals surface area contributed by atoms with Crippen LogP contribution in [0, 0.1) is 5.92 Å². The largest absolute Gasteiger partial charge is 0.491 e. The lowest BCUT2D eigenvalue weighted by Crippen LogP contribution is -2.07. The quantitative estimate of drug-likeness (QED) is 0.678. The molecule has 2 aromatic rings. The second-order valence-electron chi connectivity index (χ2n) is 6.21. The fourth-order valence-electron chi connectivity index (χ4n) is 2.72. The predicted octanol–water partition coefficient (Wildman–Crippen LogP) is 4.28. The Balaban J connectivity index is 1.51. The molecular formula is C20H24O2. The van der Waals surface area contributed by atoms with Crippen LogP contribution in [0.2, 0.25) is 0 Å². The number of hydrogen-bond acceptors (Lipinski definition) is 2. The van der Waals surface area contributed by atoms with Gasteiger partial charge < -0.3 is 9.47 Å². The molecule has 0 saturated carbocycles. The summed E-state index contributed by atoms with van der Waals surface area (Å²) in [5.74, 6) is 1.69. The second kappa shape index (κ2) is 7.46. The zero-order chi connectivity index (χ0) is 15.2. The van der Waals surface area contributed by atoms with Crippen molar-refractivity contribution in [2.45, 2.75) is 32.3 Å². The Labute approximate surface area is 133 Å². The van der Waals surface area contributed by atoms with Crippen LogP contribution in [0.4, 0.5) is 0 Å². The highest BCUT2D eigenvalue weighted by Crippen LogP contribution is 2.23. The monoisotopic (exact) mass is 296 g/mol. The highest BCUT2D eigenvalue weighted by atomic mass is 16.6. The normalized spacial score (nSPS) is 18.0. The number of aryl methyl sites for hydroxylation is 1. The minimum atomic E-state index is 0.310. The highest BCUT2D eigenvalue weighted by molar-refractivity contribution is 5.33. The van der Waals surface area contributed by atoms with Crippen LogP contribution < -0.4 is 4.74 Å². The molecule has 2 aromatic carbocycles. The molecule has 0 radical (unpaired) electrons. The predicted molar refractivity (Wildman–Crippen MR) is 89.3 cm³/mol. The molecule has 1 aliphatic rings. The van der Waals surface area contributed by atoms with Gasteiger partial charge in [0, 0.05) is 0 Å². The summed E-state index contributed by atoms with van der Waals surface area (Å²) in [5.41, 5.74) is 2.73. The number of para-hydroxylation sites is 1. The zero-order valence-corrected chi connectivity index (χ0v) is 13.2. The first-order valence-electron chi connectivity index (χ1n) is 8.17. The van der Waals surface area contributed by atoms with Gasteiger partial charge in [0.15, 0.2) is 0 Å². The van der Waals surface area contributed by atoms with Gasteiger partial charge in [-0.2, -0.15) is 0 Å². The van der Waals surface area contributed by atoms with Gasteiger partial charge >= 0.3 is 0 Å². The summed E-state index contributed by atoms with van der Waals surface area (Å²) in [4.78, 5) is 0. The van der Waals surface area contributed by atoms with Gasteiger partial charge in [0.05, 0.1) is 6.61 Å². The van der Waals surface area contributed by atoms with Crippen LogP contribution >= 0.6 is 0 Å². The standard InChI is InChI=1S/C20H24O2/c1-16(13-17-7-3-2-4-8-17)11-12-18-9-5-6-10-20(18)22-15-19-14-21-19/h2-10,16,19H,11-15H2,1H3. The van der Waals surface area contributed by atoms with Crippen molar-refractivity contribution in [1.82, 2.24) is 0 Å². The topological polar surface area (TPSA) is 21.8 Å². The van der Waals surface area contributed by atoms with Gasteiger partial charge in [0.1, 0.15) is 18.5 Å². The molecule has 1 saturated heterocycles. The van der Waals surface area contributed by atoms with E-state index in [1.165, 1.54) is 17.5 Å². The fourth-order valence-corrected chi connectivity index (χ4v) is 2.72. The Hall–Kier alpha value is -1.80. The third-order valence-corrected chi connectivity index (χ3v) is 4.13. The van der Waals surface area contributed by atoms with Crippen molar-refractivity contribution in [3.05, 3.63) is 65.7 Å². The summed E-state index contributed by atoms with van der Waals surface area (Å²) in [7, 11) is 0. The summed E-state index contributed by atoms with van der Waals surface area (Å²) >= 11 is 0. The van der Waals surface area contributed by atoms with E-state index in [0.29, 0.717) is 18.6 Å². The smallest absolute Gasteiger partial charge is 0.122 e. The van der Waals surface area contributed by atoms with Gasteiger partial charge in [0.25, 0.3) is 0 Å². The molecule has 1 aliphatic heterocycles. The molecule has 2 nitrogen and oxygen atoms in total. The Kier molecular flexibility index (Phi) is 5.12. The Bertz CT molecular complexity index is 575. The Morgan fingerprint density at radius 3 is 2.59 bits per heavy atom. The number of ether oxygens (including phenoxy) is 2. The van der Waals surface area contributed by atoms with E-state index >= 15 is 0 Å². The minimum absolute atomic E-state index is 0.310. The molecule has 0 aromatic heterocycles. The lowest BCUT2D eigenvalue weighted by Gasteiger charge is -2.14. The van der Waals surface area contributed by atoms with Crippen molar-refractivity contribution in [3.63, 3.8) is 0 Å². The lowest BCUT2D eigenvalue weighted by molar-refractivity contribution is 0.260. The van der Waals surface area contributed by atoms with Crippen molar-refractivity contribution in [1.29, 1.82) is 0 Å². The van der Waals surface area contributed by atoms with E-state index in [2.05, 4.69) is 55.5 Å². The van der Waals surface area contributed by atoms with E-state index in [4.69, 9.17) is 9.47 Å². The number of epoxide rings is 1. The molecule has 0 spiro atoms. The van der Waals surface area contributed by atoms with E-state index in [0.717, 1.165) is 25.2 Å². The van der Waals surface area contributed by atoms with E-state index < -0.39 is 0 Å². The number of benzene rings is 2. The van der Waals surface area contributed by atoms with Gasteiger partial charge in [0.2, 0.25) is 0 Å². The number of rotatable bonds is 8. The van der Waals surface area contributed by atoms with Crippen LogP contribution in [0.15, 0.2) is 54.6 Å². The fraction of sp³-hybridized carbons (Fsp3) is 0.400. The van der Waals surface area contributed by atoms with Gasteiger partial charge in [-0.1, -0.05) is 55.5 Å². The SMILES string of the molecule is CC(CCc1ccccc1OCC1CO1)Cc1ccccc1. The molecule has 0 amide bonds. The Morgan fingerprint density at radius 1 is 1.09 bits per heavy atom. The average Bonchev–Trinajstić information content (AvgIpc) is 3.37. The molecule has 1 fully saturated rings. The van der Waals surface area contributed by atoms with Crippen LogP contribution in [-0.2, 0) is 17.6 Å². The Morgan fingerprint density at radius 2 is 1.82 bits per heavy atom. The zero-order valence-electron chi connectivity index (χ0n) is 13.2. The molecule has 22 heavy (non-hydrogen) atoms. The first-order chi connectivity index (χ1) is 10.8. The maximum Gasteiger partial charge on any atom is 0.122 e. The van der Waals surface area contributed by atoms with Crippen LogP contribution in [0.5, 0.6) is 5.75 Å². The van der Waals surface area contributed by atoms with Gasteiger partial charge in [-0.05, 0) is 42.4 Å². The van der Waals surface area contributed by atoms with E-state index in [9.17, 15) is 0 Å². The van der Waals surface area contributed by atoms with E-state index in [-0.39, 0.29) is 0 Å². The summed E-state index contributed by atoms with van der Waals surface area (Å²) in [6.07, 6.45) is 3.69. The first-order valence-corrected chi connectivity index (χ1v) is 8.17. The molecule has 0 N–H and O–H groups in total. The van der Waals surface area contributed by atoms with Crippen molar-refractivity contribution >= 4 is 0 Å². The average molecular weight is 296 g/mol. The lowest BCUT2D eigenvalue weighted by atomic mass is 9.94. The molecule has 0 aliphatic carbocycles. The summed E-state index contributed by atoms with van der Waals surface area (Å²) in [6.45, 7) is 3.85. The van der Waals surface area contributed by atoms with Crippen molar-refractivity contribution in [3.8, 4) is 5.75 Å². The molecular weight excluding hydrogens is 272 g/mol. The van der Waals surface area contributed by atoms with Crippen LogP contribution in [-0.4, -0.2) is 19.3 Å². The van der Waals surface area contributed by atoms with E-state index in [1.807, 2.05) is 6.07 Å². The molecule has 0 bridgehead atoms. The first kappa shape index (κ1) is 15.1. The van der Waals surface area contributed by atoms with Crippen molar-refractivity contribution in [2.24, 2.45) is 5.92 Å². The van der Waals surface area contributed by atoms with Gasteiger partial charge in [-0.3, -0.25) is 0 Å². The molecule has 2 heteroatoms. The second-order valence-corrected chi connectivity index (χ2v) is 6.21. The molecule has 2 atom stereocenters. The van der Waals surface area contributed by atoms with Crippen LogP contribution in [0.25, 0.3) is 0 Å². The highest BCUT2D eigenvalue weighted by Gasteiger charge is 2.23. The van der Waals surface area contributed by atoms with Crippen molar-refractivity contribution < 1.29 is 9.47 Å². The molecule has 1 heterocycles. The third-order valence-electron chi connectivity index (χ3n) is 4.13. The van der Waals surface area contributed by atoms with Crippen LogP contribution in [0.3, 0.4) is 0 Å². The molecule has 2 unspecified atom stereocenters. The molecule has 116 valence electrons. The van der Waals surface area contributed by atoms with Crippen LogP contribution in [0.1, 0.15) is 24.5 Å².